The molecule has 0 unspecified atom stereocenters. The van der Waals surface area contributed by atoms with Gasteiger partial charge < -0.3 is 5.32 Å². The molecule has 0 amide bonds. The molecule has 24 heavy (non-hydrogen) atoms. The van der Waals surface area contributed by atoms with Crippen molar-refractivity contribution in [3.63, 3.8) is 0 Å². The van der Waals surface area contributed by atoms with Gasteiger partial charge in [0.2, 0.25) is 0 Å². The third kappa shape index (κ3) is 3.14. The lowest BCUT2D eigenvalue weighted by atomic mass is 9.92. The molecule has 1 aromatic carbocycles. The summed E-state index contributed by atoms with van der Waals surface area (Å²) >= 11 is 0. The number of benzene rings is 1. The molecule has 2 heterocycles. The number of rotatable bonds is 3. The van der Waals surface area contributed by atoms with Gasteiger partial charge in [-0.3, -0.25) is 0 Å². The summed E-state index contributed by atoms with van der Waals surface area (Å²) < 4.78 is 1.91. The van der Waals surface area contributed by atoms with Crippen LogP contribution in [-0.2, 0) is 5.41 Å². The second-order valence-electron chi connectivity index (χ2n) is 7.74. The van der Waals surface area contributed by atoms with E-state index in [0.29, 0.717) is 6.04 Å². The van der Waals surface area contributed by atoms with Gasteiger partial charge in [-0.25, -0.2) is 4.98 Å². The molecule has 0 bridgehead atoms. The molecule has 0 atom stereocenters. The van der Waals surface area contributed by atoms with Crippen molar-refractivity contribution in [3.05, 3.63) is 47.8 Å². The van der Waals surface area contributed by atoms with Crippen LogP contribution in [0.4, 0.5) is 5.82 Å². The number of aromatic nitrogens is 3. The van der Waals surface area contributed by atoms with E-state index in [1.165, 1.54) is 5.56 Å². The lowest BCUT2D eigenvalue weighted by Gasteiger charge is -2.20. The van der Waals surface area contributed by atoms with Crippen molar-refractivity contribution in [1.29, 1.82) is 0 Å². The monoisotopic (exact) mass is 322 g/mol. The highest BCUT2D eigenvalue weighted by Gasteiger charge is 2.20. The maximum atomic E-state index is 4.93. The van der Waals surface area contributed by atoms with E-state index in [-0.39, 0.29) is 5.41 Å². The summed E-state index contributed by atoms with van der Waals surface area (Å²) in [5, 5.41) is 8.08. The number of hydrogen-bond acceptors (Lipinski definition) is 3. The van der Waals surface area contributed by atoms with Gasteiger partial charge in [0, 0.05) is 23.1 Å². The Balaban J connectivity index is 2.24. The summed E-state index contributed by atoms with van der Waals surface area (Å²) in [6.45, 7) is 12.9. The highest BCUT2D eigenvalue weighted by atomic mass is 15.3. The fraction of sp³-hybridized carbons (Fsp3) is 0.400. The summed E-state index contributed by atoms with van der Waals surface area (Å²) in [4.78, 5) is 4.93. The molecule has 2 aromatic heterocycles. The first-order chi connectivity index (χ1) is 11.3. The summed E-state index contributed by atoms with van der Waals surface area (Å²) in [7, 11) is 0. The van der Waals surface area contributed by atoms with Gasteiger partial charge in [-0.1, -0.05) is 50.6 Å². The van der Waals surface area contributed by atoms with Gasteiger partial charge in [-0.15, -0.1) is 0 Å². The SMILES string of the molecule is Cc1ccc(-c2cnn3c(NC(C)C)cc(C(C)(C)C)nc23)cc1. The second-order valence-corrected chi connectivity index (χ2v) is 7.74. The van der Waals surface area contributed by atoms with Crippen LogP contribution in [0.5, 0.6) is 0 Å². The van der Waals surface area contributed by atoms with Crippen LogP contribution in [-0.4, -0.2) is 20.6 Å². The van der Waals surface area contributed by atoms with Gasteiger partial charge in [0.1, 0.15) is 5.82 Å². The van der Waals surface area contributed by atoms with E-state index in [9.17, 15) is 0 Å². The number of hydrogen-bond donors (Lipinski definition) is 1. The molecule has 0 saturated heterocycles. The molecule has 126 valence electrons. The number of anilines is 1. The molecule has 1 N–H and O–H groups in total. The van der Waals surface area contributed by atoms with E-state index in [1.807, 2.05) is 10.7 Å². The van der Waals surface area contributed by atoms with Gasteiger partial charge in [-0.2, -0.15) is 9.61 Å². The van der Waals surface area contributed by atoms with E-state index in [0.717, 1.165) is 28.3 Å². The van der Waals surface area contributed by atoms with Crippen LogP contribution < -0.4 is 5.32 Å². The van der Waals surface area contributed by atoms with Crippen molar-refractivity contribution in [1.82, 2.24) is 14.6 Å². The molecule has 0 fully saturated rings. The molecule has 4 nitrogen and oxygen atoms in total. The van der Waals surface area contributed by atoms with Crippen LogP contribution >= 0.6 is 0 Å². The van der Waals surface area contributed by atoms with Crippen molar-refractivity contribution in [3.8, 4) is 11.1 Å². The summed E-state index contributed by atoms with van der Waals surface area (Å²) in [6, 6.07) is 11.0. The summed E-state index contributed by atoms with van der Waals surface area (Å²) in [5.74, 6) is 0.985. The van der Waals surface area contributed by atoms with E-state index < -0.39 is 0 Å². The minimum atomic E-state index is -0.0238. The fourth-order valence-corrected chi connectivity index (χ4v) is 2.68. The Morgan fingerprint density at radius 2 is 1.75 bits per heavy atom. The largest absolute Gasteiger partial charge is 0.368 e. The topological polar surface area (TPSA) is 42.2 Å². The average molecular weight is 322 g/mol. The summed E-state index contributed by atoms with van der Waals surface area (Å²) in [6.07, 6.45) is 1.91. The van der Waals surface area contributed by atoms with Gasteiger partial charge >= 0.3 is 0 Å². The first kappa shape index (κ1) is 16.5. The standard InChI is InChI=1S/C20H26N4/c1-13(2)22-18-11-17(20(4,5)6)23-19-16(12-21-24(18)19)15-9-7-14(3)8-10-15/h7-13,22H,1-6H3. The van der Waals surface area contributed by atoms with Crippen molar-refractivity contribution in [2.45, 2.75) is 53.0 Å². The number of nitrogens with one attached hydrogen (secondary N) is 1. The van der Waals surface area contributed by atoms with Crippen LogP contribution in [0.25, 0.3) is 16.8 Å². The van der Waals surface area contributed by atoms with Crippen LogP contribution in [0, 0.1) is 6.92 Å². The zero-order chi connectivity index (χ0) is 17.5. The van der Waals surface area contributed by atoms with E-state index in [2.05, 4.69) is 82.3 Å². The maximum absolute atomic E-state index is 4.93. The lowest BCUT2D eigenvalue weighted by molar-refractivity contribution is 0.568. The molecule has 0 saturated carbocycles. The van der Waals surface area contributed by atoms with Crippen molar-refractivity contribution < 1.29 is 0 Å². The zero-order valence-corrected chi connectivity index (χ0v) is 15.4. The molecule has 3 rings (SSSR count). The number of fused-ring (bicyclic) bond motifs is 1. The Morgan fingerprint density at radius 3 is 2.33 bits per heavy atom. The van der Waals surface area contributed by atoms with Crippen LogP contribution in [0.3, 0.4) is 0 Å². The van der Waals surface area contributed by atoms with E-state index in [4.69, 9.17) is 4.98 Å². The quantitative estimate of drug-likeness (QED) is 0.751. The van der Waals surface area contributed by atoms with Crippen LogP contribution in [0.1, 0.15) is 45.9 Å². The molecule has 0 aliphatic heterocycles. The lowest BCUT2D eigenvalue weighted by Crippen LogP contribution is -2.19. The summed E-state index contributed by atoms with van der Waals surface area (Å²) in [5.41, 5.74) is 5.39. The molecule has 4 heteroatoms. The van der Waals surface area contributed by atoms with Gasteiger partial charge in [-0.05, 0) is 26.3 Å². The number of aryl methyl sites for hydroxylation is 1. The normalized spacial score (nSPS) is 12.1. The van der Waals surface area contributed by atoms with Crippen LogP contribution in [0.15, 0.2) is 36.5 Å². The molecular weight excluding hydrogens is 296 g/mol. The van der Waals surface area contributed by atoms with Crippen molar-refractivity contribution in [2.75, 3.05) is 5.32 Å². The highest BCUT2D eigenvalue weighted by molar-refractivity contribution is 5.78. The molecule has 0 aliphatic carbocycles. The van der Waals surface area contributed by atoms with Crippen LogP contribution in [0.2, 0.25) is 0 Å². The minimum Gasteiger partial charge on any atom is -0.368 e. The first-order valence-corrected chi connectivity index (χ1v) is 8.48. The van der Waals surface area contributed by atoms with E-state index in [1.54, 1.807) is 0 Å². The predicted octanol–water partition coefficient (Wildman–Crippen LogP) is 4.82. The maximum Gasteiger partial charge on any atom is 0.165 e. The fourth-order valence-electron chi connectivity index (χ4n) is 2.68. The smallest absolute Gasteiger partial charge is 0.165 e. The third-order valence-corrected chi connectivity index (χ3v) is 4.04. The van der Waals surface area contributed by atoms with Gasteiger partial charge in [0.05, 0.1) is 11.9 Å². The Labute approximate surface area is 143 Å². The Hall–Kier alpha value is -2.36. The number of nitrogens with zero attached hydrogens (tertiary/aromatic N) is 3. The Morgan fingerprint density at radius 1 is 1.08 bits per heavy atom. The van der Waals surface area contributed by atoms with Crippen molar-refractivity contribution >= 4 is 11.5 Å². The molecule has 0 aliphatic rings. The van der Waals surface area contributed by atoms with Gasteiger partial charge in [0.15, 0.2) is 5.65 Å². The molecule has 0 spiro atoms. The molecular formula is C20H26N4. The van der Waals surface area contributed by atoms with Gasteiger partial charge in [0.25, 0.3) is 0 Å². The van der Waals surface area contributed by atoms with Crippen molar-refractivity contribution in [2.24, 2.45) is 0 Å². The minimum absolute atomic E-state index is 0.0238. The molecule has 0 radical (unpaired) electrons. The Kier molecular flexibility index (Phi) is 4.08. The zero-order valence-electron chi connectivity index (χ0n) is 15.4. The Bertz CT molecular complexity index is 852. The second kappa shape index (κ2) is 5.93. The first-order valence-electron chi connectivity index (χ1n) is 8.48. The molecule has 3 aromatic rings. The predicted molar refractivity (Wildman–Crippen MR) is 101 cm³/mol. The third-order valence-electron chi connectivity index (χ3n) is 4.04. The highest BCUT2D eigenvalue weighted by Crippen LogP contribution is 2.29. The van der Waals surface area contributed by atoms with E-state index >= 15 is 0 Å². The average Bonchev–Trinajstić information content (AvgIpc) is 2.91.